The van der Waals surface area contributed by atoms with Crippen LogP contribution in [-0.4, -0.2) is 16.8 Å². The van der Waals surface area contributed by atoms with Gasteiger partial charge in [0.15, 0.2) is 0 Å². The molecule has 0 heterocycles. The lowest BCUT2D eigenvalue weighted by Crippen LogP contribution is -2.39. The van der Waals surface area contributed by atoms with Crippen molar-refractivity contribution in [1.82, 2.24) is 4.90 Å². The summed E-state index contributed by atoms with van der Waals surface area (Å²) < 4.78 is 0. The van der Waals surface area contributed by atoms with Gasteiger partial charge in [-0.25, -0.2) is 4.79 Å². The number of hydrogen-bond acceptors (Lipinski definition) is 3. The van der Waals surface area contributed by atoms with E-state index in [1.165, 1.54) is 0 Å². The second kappa shape index (κ2) is 7.76. The minimum Gasteiger partial charge on any atom is -0.307 e. The van der Waals surface area contributed by atoms with E-state index in [-0.39, 0.29) is 13.0 Å². The smallest absolute Gasteiger partial charge is 0.307 e. The van der Waals surface area contributed by atoms with Gasteiger partial charge in [0.1, 0.15) is 6.42 Å². The number of benzene rings is 2. The summed E-state index contributed by atoms with van der Waals surface area (Å²) >= 11 is 0. The number of anilines is 1. The zero-order chi connectivity index (χ0) is 16.7. The lowest BCUT2D eigenvalue weighted by Gasteiger charge is -2.21. The third-order valence-electron chi connectivity index (χ3n) is 3.35. The topological polar surface area (TPSA) is 73.2 Å². The summed E-state index contributed by atoms with van der Waals surface area (Å²) in [5, 5.41) is 11.5. The number of carbonyl (C=O) groups excluding carboxylic acids is 2. The molecule has 0 aliphatic heterocycles. The first-order valence-corrected chi connectivity index (χ1v) is 7.19. The summed E-state index contributed by atoms with van der Waals surface area (Å²) in [5.74, 6) is -0.526. The van der Waals surface area contributed by atoms with Crippen molar-refractivity contribution in [2.75, 3.05) is 5.32 Å². The van der Waals surface area contributed by atoms with Crippen molar-refractivity contribution in [3.8, 4) is 6.07 Å². The van der Waals surface area contributed by atoms with Gasteiger partial charge in [0.25, 0.3) is 0 Å². The van der Waals surface area contributed by atoms with Crippen LogP contribution in [0.4, 0.5) is 10.5 Å². The molecular formula is C18H17N3O2. The van der Waals surface area contributed by atoms with Gasteiger partial charge < -0.3 is 5.32 Å². The zero-order valence-electron chi connectivity index (χ0n) is 12.8. The average Bonchev–Trinajstić information content (AvgIpc) is 2.56. The van der Waals surface area contributed by atoms with Crippen LogP contribution in [0.2, 0.25) is 0 Å². The van der Waals surface area contributed by atoms with E-state index in [2.05, 4.69) is 5.32 Å². The molecule has 0 spiro atoms. The highest BCUT2D eigenvalue weighted by Crippen LogP contribution is 2.15. The van der Waals surface area contributed by atoms with Crippen molar-refractivity contribution in [3.63, 3.8) is 0 Å². The van der Waals surface area contributed by atoms with Crippen molar-refractivity contribution in [3.05, 3.63) is 65.7 Å². The highest BCUT2D eigenvalue weighted by atomic mass is 16.2. The molecule has 0 bridgehead atoms. The largest absolute Gasteiger partial charge is 0.328 e. The molecule has 0 saturated carbocycles. The number of aryl methyl sites for hydroxylation is 1. The van der Waals surface area contributed by atoms with Crippen LogP contribution in [0.3, 0.4) is 0 Å². The standard InChI is InChI=1S/C18H17N3O2/c1-14-7-5-6-10-16(14)20-18(23)21(17(22)11-12-19)13-15-8-3-2-4-9-15/h2-10H,11,13H2,1H3,(H,20,23). The number of hydrogen-bond donors (Lipinski definition) is 1. The van der Waals surface area contributed by atoms with Gasteiger partial charge in [-0.2, -0.15) is 5.26 Å². The molecule has 0 unspecified atom stereocenters. The maximum absolute atomic E-state index is 12.5. The van der Waals surface area contributed by atoms with Crippen molar-refractivity contribution in [2.24, 2.45) is 0 Å². The number of carbonyl (C=O) groups is 2. The molecule has 2 aromatic rings. The Morgan fingerprint density at radius 2 is 1.74 bits per heavy atom. The number of para-hydroxylation sites is 1. The number of amides is 3. The zero-order valence-corrected chi connectivity index (χ0v) is 12.8. The minimum atomic E-state index is -0.539. The van der Waals surface area contributed by atoms with Crippen LogP contribution in [0.25, 0.3) is 0 Å². The van der Waals surface area contributed by atoms with Gasteiger partial charge in [-0.15, -0.1) is 0 Å². The Hall–Kier alpha value is -3.13. The quantitative estimate of drug-likeness (QED) is 0.940. The van der Waals surface area contributed by atoms with E-state index in [4.69, 9.17) is 5.26 Å². The number of nitriles is 1. The van der Waals surface area contributed by atoms with Gasteiger partial charge in [-0.1, -0.05) is 48.5 Å². The predicted molar refractivity (Wildman–Crippen MR) is 87.4 cm³/mol. The van der Waals surface area contributed by atoms with Crippen LogP contribution >= 0.6 is 0 Å². The van der Waals surface area contributed by atoms with E-state index < -0.39 is 11.9 Å². The van der Waals surface area contributed by atoms with E-state index in [1.54, 1.807) is 18.2 Å². The predicted octanol–water partition coefficient (Wildman–Crippen LogP) is 3.47. The number of rotatable bonds is 4. The molecule has 0 aromatic heterocycles. The fraction of sp³-hybridized carbons (Fsp3) is 0.167. The Balaban J connectivity index is 2.19. The highest BCUT2D eigenvalue weighted by Gasteiger charge is 2.22. The van der Waals surface area contributed by atoms with Gasteiger partial charge in [-0.05, 0) is 24.1 Å². The van der Waals surface area contributed by atoms with Gasteiger partial charge in [0.2, 0.25) is 5.91 Å². The van der Waals surface area contributed by atoms with Crippen molar-refractivity contribution < 1.29 is 9.59 Å². The lowest BCUT2D eigenvalue weighted by molar-refractivity contribution is -0.127. The van der Waals surface area contributed by atoms with E-state index in [9.17, 15) is 9.59 Å². The number of urea groups is 1. The van der Waals surface area contributed by atoms with Gasteiger partial charge in [0.05, 0.1) is 12.6 Å². The summed E-state index contributed by atoms with van der Waals surface area (Å²) in [6, 6.07) is 17.7. The lowest BCUT2D eigenvalue weighted by atomic mass is 10.2. The Morgan fingerprint density at radius 1 is 1.09 bits per heavy atom. The third-order valence-corrected chi connectivity index (χ3v) is 3.35. The summed E-state index contributed by atoms with van der Waals surface area (Å²) in [7, 11) is 0. The van der Waals surface area contributed by atoms with E-state index in [0.29, 0.717) is 5.69 Å². The van der Waals surface area contributed by atoms with E-state index in [0.717, 1.165) is 16.0 Å². The summed E-state index contributed by atoms with van der Waals surface area (Å²) in [6.07, 6.45) is -0.339. The molecular weight excluding hydrogens is 290 g/mol. The van der Waals surface area contributed by atoms with Crippen LogP contribution in [-0.2, 0) is 11.3 Å². The highest BCUT2D eigenvalue weighted by molar-refractivity contribution is 6.02. The first-order chi connectivity index (χ1) is 11.1. The second-order valence-electron chi connectivity index (χ2n) is 5.05. The molecule has 1 N–H and O–H groups in total. The molecule has 3 amide bonds. The molecule has 0 atom stereocenters. The molecule has 2 rings (SSSR count). The van der Waals surface area contributed by atoms with Gasteiger partial charge >= 0.3 is 6.03 Å². The molecule has 5 nitrogen and oxygen atoms in total. The maximum Gasteiger partial charge on any atom is 0.328 e. The first-order valence-electron chi connectivity index (χ1n) is 7.19. The van der Waals surface area contributed by atoms with Crippen LogP contribution in [0.15, 0.2) is 54.6 Å². The molecule has 0 saturated heterocycles. The minimum absolute atomic E-state index is 0.124. The van der Waals surface area contributed by atoms with Crippen molar-refractivity contribution >= 4 is 17.6 Å². The summed E-state index contributed by atoms with van der Waals surface area (Å²) in [4.78, 5) is 25.6. The van der Waals surface area contributed by atoms with Crippen molar-refractivity contribution in [2.45, 2.75) is 19.9 Å². The van der Waals surface area contributed by atoms with E-state index in [1.807, 2.05) is 49.4 Å². The second-order valence-corrected chi connectivity index (χ2v) is 5.05. The van der Waals surface area contributed by atoms with Crippen LogP contribution in [0.5, 0.6) is 0 Å². The Bertz CT molecular complexity index is 735. The summed E-state index contributed by atoms with van der Waals surface area (Å²) in [6.45, 7) is 1.99. The molecule has 23 heavy (non-hydrogen) atoms. The fourth-order valence-corrected chi connectivity index (χ4v) is 2.10. The van der Waals surface area contributed by atoms with Gasteiger partial charge in [0, 0.05) is 5.69 Å². The normalized spacial score (nSPS) is 9.74. The maximum atomic E-state index is 12.5. The van der Waals surface area contributed by atoms with Crippen molar-refractivity contribution in [1.29, 1.82) is 5.26 Å². The molecule has 116 valence electrons. The molecule has 0 aliphatic carbocycles. The van der Waals surface area contributed by atoms with Gasteiger partial charge in [-0.3, -0.25) is 9.69 Å². The fourth-order valence-electron chi connectivity index (χ4n) is 2.10. The Labute approximate surface area is 135 Å². The molecule has 0 aliphatic rings. The average molecular weight is 307 g/mol. The monoisotopic (exact) mass is 307 g/mol. The first kappa shape index (κ1) is 16.2. The molecule has 5 heteroatoms. The molecule has 0 fully saturated rings. The SMILES string of the molecule is Cc1ccccc1NC(=O)N(Cc1ccccc1)C(=O)CC#N. The number of imide groups is 1. The summed E-state index contributed by atoms with van der Waals surface area (Å²) in [5.41, 5.74) is 2.35. The number of nitrogens with one attached hydrogen (secondary N) is 1. The Morgan fingerprint density at radius 3 is 2.39 bits per heavy atom. The third kappa shape index (κ3) is 4.42. The van der Waals surface area contributed by atoms with Crippen LogP contribution in [0.1, 0.15) is 17.5 Å². The molecule has 0 radical (unpaired) electrons. The number of nitrogens with zero attached hydrogens (tertiary/aromatic N) is 2. The Kier molecular flexibility index (Phi) is 5.48. The van der Waals surface area contributed by atoms with Crippen LogP contribution in [0, 0.1) is 18.3 Å². The van der Waals surface area contributed by atoms with E-state index >= 15 is 0 Å². The molecule has 2 aromatic carbocycles. The van der Waals surface area contributed by atoms with Crippen LogP contribution < -0.4 is 5.32 Å².